The van der Waals surface area contributed by atoms with Crippen molar-refractivity contribution in [1.82, 2.24) is 0 Å². The number of rotatable bonds is 4. The van der Waals surface area contributed by atoms with Crippen molar-refractivity contribution in [2.24, 2.45) is 0 Å². The minimum Gasteiger partial charge on any atom is -0.398 e. The molecule has 0 saturated heterocycles. The molecule has 172 valence electrons. The van der Waals surface area contributed by atoms with Gasteiger partial charge in [-0.15, -0.1) is 0 Å². The van der Waals surface area contributed by atoms with E-state index < -0.39 is 0 Å². The average Bonchev–Trinajstić information content (AvgIpc) is 2.93. The first-order chi connectivity index (χ1) is 17.6. The Morgan fingerprint density at radius 2 is 1.06 bits per heavy atom. The van der Waals surface area contributed by atoms with Crippen LogP contribution < -0.4 is 11.5 Å². The molecule has 6 rings (SSSR count). The Morgan fingerprint density at radius 1 is 0.500 bits per heavy atom. The molecule has 2 heteroatoms. The lowest BCUT2D eigenvalue weighted by molar-refractivity contribution is 1.59. The third-order valence-corrected chi connectivity index (χ3v) is 7.09. The van der Waals surface area contributed by atoms with E-state index in [0.29, 0.717) is 0 Å². The van der Waals surface area contributed by atoms with E-state index in [9.17, 15) is 0 Å². The van der Waals surface area contributed by atoms with Gasteiger partial charge in [0.05, 0.1) is 0 Å². The number of benzene rings is 6. The molecule has 0 aromatic heterocycles. The van der Waals surface area contributed by atoms with Crippen molar-refractivity contribution >= 4 is 55.8 Å². The maximum Gasteiger partial charge on any atom is 0.0406 e. The second-order valence-corrected chi connectivity index (χ2v) is 9.14. The summed E-state index contributed by atoms with van der Waals surface area (Å²) in [4.78, 5) is 0. The highest BCUT2D eigenvalue weighted by atomic mass is 14.6. The molecule has 0 spiro atoms. The molecule has 0 atom stereocenters. The molecule has 0 fully saturated rings. The van der Waals surface area contributed by atoms with Gasteiger partial charge in [-0.3, -0.25) is 0 Å². The van der Waals surface area contributed by atoms with E-state index in [-0.39, 0.29) is 0 Å². The summed E-state index contributed by atoms with van der Waals surface area (Å²) in [5.41, 5.74) is 21.6. The van der Waals surface area contributed by atoms with Crippen molar-refractivity contribution in [2.45, 2.75) is 0 Å². The van der Waals surface area contributed by atoms with E-state index in [2.05, 4.69) is 98.1 Å². The Labute approximate surface area is 210 Å². The highest BCUT2D eigenvalue weighted by Crippen LogP contribution is 2.45. The first-order valence-corrected chi connectivity index (χ1v) is 12.0. The summed E-state index contributed by atoms with van der Waals surface area (Å²) in [5, 5.41) is 6.50. The first kappa shape index (κ1) is 21.7. The van der Waals surface area contributed by atoms with Crippen LogP contribution in [0.2, 0.25) is 0 Å². The van der Waals surface area contributed by atoms with Gasteiger partial charge in [0, 0.05) is 22.1 Å². The van der Waals surface area contributed by atoms with Crippen molar-refractivity contribution in [3.63, 3.8) is 0 Å². The van der Waals surface area contributed by atoms with Crippen molar-refractivity contribution in [3.05, 3.63) is 121 Å². The topological polar surface area (TPSA) is 52.0 Å². The van der Waals surface area contributed by atoms with E-state index in [4.69, 9.17) is 11.5 Å². The number of nitrogens with two attached hydrogens (primary N) is 2. The Kier molecular flexibility index (Phi) is 5.09. The van der Waals surface area contributed by atoms with Crippen LogP contribution in [0.4, 0.5) is 11.4 Å². The van der Waals surface area contributed by atoms with Gasteiger partial charge in [-0.25, -0.2) is 0 Å². The molecule has 2 nitrogen and oxygen atoms in total. The van der Waals surface area contributed by atoms with E-state index >= 15 is 0 Å². The summed E-state index contributed by atoms with van der Waals surface area (Å²) in [7, 11) is 0. The van der Waals surface area contributed by atoms with Gasteiger partial charge in [0.15, 0.2) is 0 Å². The van der Waals surface area contributed by atoms with E-state index in [1.165, 1.54) is 0 Å². The number of hydrogen-bond donors (Lipinski definition) is 2. The quantitative estimate of drug-likeness (QED) is 0.203. The molecule has 0 aliphatic carbocycles. The number of anilines is 2. The molecule has 0 saturated carbocycles. The first-order valence-electron chi connectivity index (χ1n) is 12.0. The largest absolute Gasteiger partial charge is 0.398 e. The molecular weight excluding hydrogens is 436 g/mol. The summed E-state index contributed by atoms with van der Waals surface area (Å²) in [6.45, 7) is 7.80. The van der Waals surface area contributed by atoms with Crippen LogP contribution in [0.5, 0.6) is 0 Å². The zero-order valence-electron chi connectivity index (χ0n) is 20.0. The van der Waals surface area contributed by atoms with Crippen LogP contribution in [0.3, 0.4) is 0 Å². The van der Waals surface area contributed by atoms with Gasteiger partial charge in [-0.2, -0.15) is 0 Å². The van der Waals surface area contributed by atoms with Crippen LogP contribution in [0.25, 0.3) is 66.7 Å². The summed E-state index contributed by atoms with van der Waals surface area (Å²) in [5.74, 6) is 0. The van der Waals surface area contributed by atoms with Gasteiger partial charge < -0.3 is 11.5 Å². The van der Waals surface area contributed by atoms with Gasteiger partial charge in [0.25, 0.3) is 0 Å². The van der Waals surface area contributed by atoms with Gasteiger partial charge in [-0.05, 0) is 67.1 Å². The summed E-state index contributed by atoms with van der Waals surface area (Å²) in [6.07, 6.45) is 3.72. The van der Waals surface area contributed by atoms with Crippen LogP contribution in [-0.2, 0) is 0 Å². The minimum atomic E-state index is 0.750. The zero-order chi connectivity index (χ0) is 24.8. The molecule has 0 radical (unpaired) electrons. The molecule has 0 heterocycles. The fourth-order valence-electron chi connectivity index (χ4n) is 5.28. The third-order valence-electron chi connectivity index (χ3n) is 7.09. The second-order valence-electron chi connectivity index (χ2n) is 9.14. The highest BCUT2D eigenvalue weighted by molar-refractivity contribution is 6.26. The molecule has 6 aromatic carbocycles. The summed E-state index contributed by atoms with van der Waals surface area (Å²) < 4.78 is 0. The predicted octanol–water partition coefficient (Wildman–Crippen LogP) is 8.93. The molecule has 4 N–H and O–H groups in total. The predicted molar refractivity (Wildman–Crippen MR) is 159 cm³/mol. The summed E-state index contributed by atoms with van der Waals surface area (Å²) in [6, 6.07) is 33.7. The molecule has 0 unspecified atom stereocenters. The SMILES string of the molecule is C=Cc1ccc(-c2ccc3c(c(N)cc4c5ccccc5c(N)cc34)c2-c2ccc(C=C)cc2)cc1. The maximum atomic E-state index is 6.88. The Morgan fingerprint density at radius 3 is 1.69 bits per heavy atom. The molecule has 0 aliphatic rings. The van der Waals surface area contributed by atoms with Gasteiger partial charge in [0.2, 0.25) is 0 Å². The summed E-state index contributed by atoms with van der Waals surface area (Å²) >= 11 is 0. The van der Waals surface area contributed by atoms with Gasteiger partial charge >= 0.3 is 0 Å². The fourth-order valence-corrected chi connectivity index (χ4v) is 5.28. The third kappa shape index (κ3) is 3.35. The van der Waals surface area contributed by atoms with E-state index in [0.717, 1.165) is 77.1 Å². The van der Waals surface area contributed by atoms with Crippen molar-refractivity contribution in [2.75, 3.05) is 11.5 Å². The van der Waals surface area contributed by atoms with Crippen LogP contribution >= 0.6 is 0 Å². The van der Waals surface area contributed by atoms with Crippen LogP contribution in [0, 0.1) is 0 Å². The number of fused-ring (bicyclic) bond motifs is 5. The molecule has 36 heavy (non-hydrogen) atoms. The van der Waals surface area contributed by atoms with Crippen molar-refractivity contribution in [3.8, 4) is 22.3 Å². The average molecular weight is 463 g/mol. The lowest BCUT2D eigenvalue weighted by atomic mass is 9.86. The van der Waals surface area contributed by atoms with Crippen LogP contribution in [-0.4, -0.2) is 0 Å². The van der Waals surface area contributed by atoms with Gasteiger partial charge in [0.1, 0.15) is 0 Å². The lowest BCUT2D eigenvalue weighted by Gasteiger charge is -2.19. The molecule has 0 bridgehead atoms. The van der Waals surface area contributed by atoms with Crippen molar-refractivity contribution < 1.29 is 0 Å². The Balaban J connectivity index is 1.75. The smallest absolute Gasteiger partial charge is 0.0406 e. The van der Waals surface area contributed by atoms with Gasteiger partial charge in [-0.1, -0.05) is 110 Å². The maximum absolute atomic E-state index is 6.88. The van der Waals surface area contributed by atoms with E-state index in [1.807, 2.05) is 24.3 Å². The molecular formula is C34H26N2. The molecule has 6 aromatic rings. The number of nitrogen functional groups attached to an aromatic ring is 2. The number of hydrogen-bond acceptors (Lipinski definition) is 2. The fraction of sp³-hybridized carbons (Fsp3) is 0. The standard InChI is InChI=1S/C34H26N2/c1-3-21-9-13-23(14-10-21)25-17-18-28-30-19-31(35)27-8-6-5-7-26(27)29(30)20-32(36)34(28)33(25)24-15-11-22(4-2)12-16-24/h3-20H,1-2,35-36H2. The molecule has 0 amide bonds. The van der Waals surface area contributed by atoms with Crippen LogP contribution in [0.1, 0.15) is 11.1 Å². The van der Waals surface area contributed by atoms with Crippen molar-refractivity contribution in [1.29, 1.82) is 0 Å². The monoisotopic (exact) mass is 462 g/mol. The normalized spacial score (nSPS) is 11.2. The zero-order valence-corrected chi connectivity index (χ0v) is 20.0. The Hall–Kier alpha value is -4.82. The highest BCUT2D eigenvalue weighted by Gasteiger charge is 2.18. The lowest BCUT2D eigenvalue weighted by Crippen LogP contribution is -1.96. The van der Waals surface area contributed by atoms with Crippen LogP contribution in [0.15, 0.2) is 110 Å². The second kappa shape index (κ2) is 8.44. The van der Waals surface area contributed by atoms with E-state index in [1.54, 1.807) is 0 Å². The minimum absolute atomic E-state index is 0.750. The Bertz CT molecular complexity index is 1810. The molecule has 0 aliphatic heterocycles.